The summed E-state index contributed by atoms with van der Waals surface area (Å²) in [5.41, 5.74) is 18.9. The summed E-state index contributed by atoms with van der Waals surface area (Å²) in [4.78, 5) is 8.43. The third-order valence-corrected chi connectivity index (χ3v) is 19.1. The first-order valence-electron chi connectivity index (χ1n) is 22.6. The molecule has 4 atom stereocenters. The van der Waals surface area contributed by atoms with Crippen LogP contribution in [0.2, 0.25) is 19.6 Å². The molecule has 5 aromatic carbocycles. The molecule has 2 aliphatic carbocycles. The Morgan fingerprint density at radius 3 is 1.86 bits per heavy atom. The second-order valence-corrected chi connectivity index (χ2v) is 27.1. The molecule has 58 heavy (non-hydrogen) atoms. The molecular formula is C53H62BN3Si. The first kappa shape index (κ1) is 36.8. The highest BCUT2D eigenvalue weighted by Crippen LogP contribution is 2.64. The van der Waals surface area contributed by atoms with Crippen molar-refractivity contribution in [1.82, 2.24) is 0 Å². The average Bonchev–Trinajstić information content (AvgIpc) is 3.54. The zero-order valence-electron chi connectivity index (χ0n) is 36.8. The summed E-state index contributed by atoms with van der Waals surface area (Å²) in [5.74, 6) is 0. The van der Waals surface area contributed by atoms with Crippen LogP contribution in [0, 0.1) is 0 Å². The molecule has 4 aliphatic heterocycles. The van der Waals surface area contributed by atoms with Crippen molar-refractivity contribution >= 4 is 76.2 Å². The summed E-state index contributed by atoms with van der Waals surface area (Å²) < 4.78 is 0. The molecule has 4 unspecified atom stereocenters. The van der Waals surface area contributed by atoms with Gasteiger partial charge in [0.1, 0.15) is 0 Å². The average molecular weight is 780 g/mol. The van der Waals surface area contributed by atoms with Crippen molar-refractivity contribution in [3.05, 3.63) is 114 Å². The van der Waals surface area contributed by atoms with Gasteiger partial charge in [-0.3, -0.25) is 0 Å². The van der Waals surface area contributed by atoms with Gasteiger partial charge in [-0.2, -0.15) is 0 Å². The third kappa shape index (κ3) is 4.53. The van der Waals surface area contributed by atoms with E-state index in [-0.39, 0.29) is 34.0 Å². The molecular weight excluding hydrogens is 718 g/mol. The highest BCUT2D eigenvalue weighted by molar-refractivity contribution is 7.01. The van der Waals surface area contributed by atoms with E-state index in [0.29, 0.717) is 0 Å². The molecule has 296 valence electrons. The summed E-state index contributed by atoms with van der Waals surface area (Å²) in [6.45, 7) is 25.5. The molecule has 0 aromatic heterocycles. The van der Waals surface area contributed by atoms with Gasteiger partial charge in [0, 0.05) is 50.6 Å². The van der Waals surface area contributed by atoms with E-state index in [9.17, 15) is 0 Å². The van der Waals surface area contributed by atoms with Crippen molar-refractivity contribution in [2.24, 2.45) is 0 Å². The van der Waals surface area contributed by atoms with Gasteiger partial charge in [-0.1, -0.05) is 146 Å². The molecule has 4 heterocycles. The lowest BCUT2D eigenvalue weighted by molar-refractivity contribution is 0.194. The van der Waals surface area contributed by atoms with Crippen molar-refractivity contribution in [3.8, 4) is 0 Å². The maximum Gasteiger partial charge on any atom is 0.252 e. The summed E-state index contributed by atoms with van der Waals surface area (Å²) in [6.07, 6.45) is 10.0. The maximum atomic E-state index is 2.95. The van der Waals surface area contributed by atoms with Crippen molar-refractivity contribution < 1.29 is 0 Å². The van der Waals surface area contributed by atoms with Crippen LogP contribution >= 0.6 is 0 Å². The van der Waals surface area contributed by atoms with Crippen LogP contribution in [0.5, 0.6) is 0 Å². The number of benzene rings is 5. The highest BCUT2D eigenvalue weighted by atomic mass is 28.3. The van der Waals surface area contributed by atoms with Crippen LogP contribution in [0.4, 0.5) is 39.8 Å². The minimum Gasteiger partial charge on any atom is -0.335 e. The fourth-order valence-electron chi connectivity index (χ4n) is 13.3. The van der Waals surface area contributed by atoms with Crippen molar-refractivity contribution in [2.75, 3.05) is 14.7 Å². The lowest BCUT2D eigenvalue weighted by atomic mass is 9.33. The maximum absolute atomic E-state index is 2.95. The van der Waals surface area contributed by atoms with E-state index in [1.165, 1.54) is 108 Å². The van der Waals surface area contributed by atoms with Gasteiger partial charge < -0.3 is 14.7 Å². The third-order valence-electron chi connectivity index (χ3n) is 17.0. The lowest BCUT2D eigenvalue weighted by Crippen LogP contribution is -2.65. The summed E-state index contributed by atoms with van der Waals surface area (Å²) in [7, 11) is -1.67. The van der Waals surface area contributed by atoms with E-state index < -0.39 is 8.07 Å². The Labute approximate surface area is 350 Å². The molecule has 0 bridgehead atoms. The number of anilines is 7. The number of nitrogens with zero attached hydrogens (tertiary/aromatic N) is 3. The Bertz CT molecular complexity index is 2550. The summed E-state index contributed by atoms with van der Waals surface area (Å²) >= 11 is 0. The van der Waals surface area contributed by atoms with Gasteiger partial charge >= 0.3 is 0 Å². The summed E-state index contributed by atoms with van der Waals surface area (Å²) in [6, 6.07) is 38.9. The molecule has 2 saturated carbocycles. The smallest absolute Gasteiger partial charge is 0.252 e. The van der Waals surface area contributed by atoms with Crippen molar-refractivity contribution in [3.63, 3.8) is 0 Å². The predicted octanol–water partition coefficient (Wildman–Crippen LogP) is 11.6. The normalized spacial score (nSPS) is 27.8. The van der Waals surface area contributed by atoms with Gasteiger partial charge in [-0.25, -0.2) is 0 Å². The van der Waals surface area contributed by atoms with Crippen LogP contribution in [-0.4, -0.2) is 25.9 Å². The second kappa shape index (κ2) is 11.7. The van der Waals surface area contributed by atoms with Crippen LogP contribution in [0.3, 0.4) is 0 Å². The van der Waals surface area contributed by atoms with E-state index in [4.69, 9.17) is 0 Å². The largest absolute Gasteiger partial charge is 0.335 e. The zero-order valence-corrected chi connectivity index (χ0v) is 37.8. The van der Waals surface area contributed by atoms with E-state index in [1.54, 1.807) is 21.8 Å². The monoisotopic (exact) mass is 779 g/mol. The number of hydrogen-bond acceptors (Lipinski definition) is 3. The van der Waals surface area contributed by atoms with Crippen LogP contribution in [0.25, 0.3) is 0 Å². The van der Waals surface area contributed by atoms with Crippen LogP contribution in [0.1, 0.15) is 117 Å². The van der Waals surface area contributed by atoms with Gasteiger partial charge in [-0.15, -0.1) is 0 Å². The molecule has 0 saturated heterocycles. The van der Waals surface area contributed by atoms with Crippen LogP contribution in [-0.2, 0) is 16.2 Å². The highest BCUT2D eigenvalue weighted by Gasteiger charge is 2.63. The van der Waals surface area contributed by atoms with E-state index in [2.05, 4.69) is 180 Å². The van der Waals surface area contributed by atoms with Gasteiger partial charge in [-0.05, 0) is 114 Å². The Morgan fingerprint density at radius 1 is 0.552 bits per heavy atom. The van der Waals surface area contributed by atoms with Crippen molar-refractivity contribution in [1.29, 1.82) is 0 Å². The number of para-hydroxylation sites is 2. The van der Waals surface area contributed by atoms with E-state index >= 15 is 0 Å². The standard InChI is InChI=1S/C53H62BN3Si/c1-49(2,3)35-24-25-43-39(30-35)50(4)26-16-18-28-52(50,6)56(43)37-31-45-47-46(32-37)57-48-40(51(5)27-17-19-29-53(51,57)7)33-38(58(8,9)10)34-42(48)54(47)41-22-14-15-23-44(41)55(45)36-20-12-11-13-21-36/h11-15,20-25,30-34H,16-19,26-29H2,1-10H3. The Hall–Kier alpha value is -4.22. The fourth-order valence-corrected chi connectivity index (χ4v) is 14.5. The molecule has 0 N–H and O–H groups in total. The molecule has 2 fully saturated rings. The van der Waals surface area contributed by atoms with E-state index in [1.807, 2.05) is 0 Å². The molecule has 0 spiro atoms. The second-order valence-electron chi connectivity index (χ2n) is 22.1. The Balaban J connectivity index is 1.26. The van der Waals surface area contributed by atoms with Gasteiger partial charge in [0.25, 0.3) is 6.71 Å². The minimum atomic E-state index is -1.67. The van der Waals surface area contributed by atoms with Gasteiger partial charge in [0.15, 0.2) is 0 Å². The van der Waals surface area contributed by atoms with Crippen LogP contribution in [0.15, 0.2) is 97.1 Å². The van der Waals surface area contributed by atoms with Gasteiger partial charge in [0.2, 0.25) is 0 Å². The molecule has 5 aromatic rings. The molecule has 3 nitrogen and oxygen atoms in total. The van der Waals surface area contributed by atoms with Gasteiger partial charge in [0.05, 0.1) is 19.2 Å². The number of fused-ring (bicyclic) bond motifs is 10. The first-order valence-corrected chi connectivity index (χ1v) is 26.1. The number of rotatable bonds is 3. The minimum absolute atomic E-state index is 0.0277. The van der Waals surface area contributed by atoms with Crippen molar-refractivity contribution in [2.45, 2.75) is 147 Å². The molecule has 0 radical (unpaired) electrons. The van der Waals surface area contributed by atoms with E-state index in [0.717, 1.165) is 0 Å². The molecule has 0 amide bonds. The summed E-state index contributed by atoms with van der Waals surface area (Å²) in [5, 5.41) is 1.61. The Kier molecular flexibility index (Phi) is 7.46. The molecule has 11 rings (SSSR count). The zero-order chi connectivity index (χ0) is 40.4. The Morgan fingerprint density at radius 2 is 1.17 bits per heavy atom. The molecule has 6 aliphatic rings. The van der Waals surface area contributed by atoms with Crippen LogP contribution < -0.4 is 36.3 Å². The predicted molar refractivity (Wildman–Crippen MR) is 253 cm³/mol. The first-order chi connectivity index (χ1) is 27.5. The number of hydrogen-bond donors (Lipinski definition) is 0. The SMILES string of the molecule is CC(C)(C)c1ccc2c(c1)C1(C)CCCCC1(C)N2c1cc2c3c(c1)N1c4c(cc([Si](C)(C)C)cc4C4(C)CCCCC14C)B3c1ccccc1N2c1ccccc1. The fraction of sp³-hybridized carbons (Fsp3) is 0.434. The topological polar surface area (TPSA) is 9.72 Å². The lowest BCUT2D eigenvalue weighted by Gasteiger charge is -2.53. The molecule has 5 heteroatoms. The quantitative estimate of drug-likeness (QED) is 0.166.